The maximum Gasteiger partial charge on any atom is 0.407 e. The van der Waals surface area contributed by atoms with E-state index in [1.54, 1.807) is 6.92 Å². The third kappa shape index (κ3) is 6.60. The van der Waals surface area contributed by atoms with Gasteiger partial charge in [0.1, 0.15) is 6.61 Å². The molecule has 2 aromatic carbocycles. The third-order valence-corrected chi connectivity index (χ3v) is 6.57. The van der Waals surface area contributed by atoms with Crippen molar-refractivity contribution in [1.29, 1.82) is 0 Å². The topological polar surface area (TPSA) is 84.9 Å². The standard InChI is InChI=1S/C28H37NO5/c1-4-5-6-7-16-26(20(3)27(30)31)34-19(2)17-29-28(32)33-18-25-23-14-10-8-12-21(23)22-13-9-11-15-24(22)25/h8-15,19-20,25-26H,4-7,16-18H2,1-3H3,(H,29,32)(H,30,31)/t19-,20+,26+/m0/s1. The molecule has 0 spiro atoms. The number of rotatable bonds is 13. The van der Waals surface area contributed by atoms with Crippen LogP contribution in [0.4, 0.5) is 4.79 Å². The Morgan fingerprint density at radius 2 is 1.59 bits per heavy atom. The number of carboxylic acids is 1. The molecule has 1 aliphatic rings. The van der Waals surface area contributed by atoms with Gasteiger partial charge < -0.3 is 19.9 Å². The van der Waals surface area contributed by atoms with Gasteiger partial charge in [-0.05, 0) is 42.5 Å². The van der Waals surface area contributed by atoms with Gasteiger partial charge in [-0.1, -0.05) is 81.1 Å². The third-order valence-electron chi connectivity index (χ3n) is 6.57. The van der Waals surface area contributed by atoms with Crippen LogP contribution >= 0.6 is 0 Å². The SMILES string of the molecule is CCCCCC[C@@H](O[C@@H](C)CNC(=O)OCC1c2ccccc2-c2ccccc21)[C@@H](C)C(=O)O. The first-order chi connectivity index (χ1) is 16.4. The van der Waals surface area contributed by atoms with Gasteiger partial charge in [0.05, 0.1) is 18.1 Å². The number of nitrogens with one attached hydrogen (secondary N) is 1. The molecule has 34 heavy (non-hydrogen) atoms. The summed E-state index contributed by atoms with van der Waals surface area (Å²) in [6.45, 7) is 6.18. The van der Waals surface area contributed by atoms with Crippen molar-refractivity contribution in [1.82, 2.24) is 5.32 Å². The second kappa shape index (κ2) is 12.6. The Morgan fingerprint density at radius 3 is 2.18 bits per heavy atom. The van der Waals surface area contributed by atoms with Crippen molar-refractivity contribution < 1.29 is 24.2 Å². The lowest BCUT2D eigenvalue weighted by Crippen LogP contribution is -2.38. The van der Waals surface area contributed by atoms with Crippen LogP contribution in [-0.4, -0.2) is 42.5 Å². The number of amides is 1. The molecule has 1 amide bonds. The number of alkyl carbamates (subject to hydrolysis) is 1. The Kier molecular flexibility index (Phi) is 9.52. The molecule has 0 bridgehead atoms. The minimum atomic E-state index is -0.864. The molecular formula is C28H37NO5. The zero-order valence-electron chi connectivity index (χ0n) is 20.5. The molecule has 3 atom stereocenters. The summed E-state index contributed by atoms with van der Waals surface area (Å²) >= 11 is 0. The summed E-state index contributed by atoms with van der Waals surface area (Å²) in [5.41, 5.74) is 4.71. The average Bonchev–Trinajstić information content (AvgIpc) is 3.16. The fourth-order valence-corrected chi connectivity index (χ4v) is 4.59. The summed E-state index contributed by atoms with van der Waals surface area (Å²) in [6.07, 6.45) is 3.75. The highest BCUT2D eigenvalue weighted by Gasteiger charge is 2.29. The van der Waals surface area contributed by atoms with Crippen molar-refractivity contribution in [2.45, 2.75) is 71.0 Å². The first-order valence-corrected chi connectivity index (χ1v) is 12.4. The molecule has 2 aromatic rings. The number of hydrogen-bond acceptors (Lipinski definition) is 4. The lowest BCUT2D eigenvalue weighted by molar-refractivity contribution is -0.148. The van der Waals surface area contributed by atoms with Crippen LogP contribution in [0.2, 0.25) is 0 Å². The summed E-state index contributed by atoms with van der Waals surface area (Å²) in [7, 11) is 0. The molecule has 0 fully saturated rings. The largest absolute Gasteiger partial charge is 0.481 e. The Labute approximate surface area is 202 Å². The van der Waals surface area contributed by atoms with Crippen LogP contribution in [0, 0.1) is 5.92 Å². The van der Waals surface area contributed by atoms with E-state index >= 15 is 0 Å². The molecule has 3 rings (SSSR count). The fraction of sp³-hybridized carbons (Fsp3) is 0.500. The Hall–Kier alpha value is -2.86. The van der Waals surface area contributed by atoms with E-state index in [9.17, 15) is 14.7 Å². The molecule has 1 aliphatic carbocycles. The number of carbonyl (C=O) groups excluding carboxylic acids is 1. The summed E-state index contributed by atoms with van der Waals surface area (Å²) in [5, 5.41) is 12.2. The molecule has 6 heteroatoms. The van der Waals surface area contributed by atoms with E-state index in [2.05, 4.69) is 36.5 Å². The van der Waals surface area contributed by atoms with Crippen LogP contribution in [0.15, 0.2) is 48.5 Å². The van der Waals surface area contributed by atoms with E-state index in [1.807, 2.05) is 31.2 Å². The predicted octanol–water partition coefficient (Wildman–Crippen LogP) is 5.99. The lowest BCUT2D eigenvalue weighted by atomic mass is 9.98. The lowest BCUT2D eigenvalue weighted by Gasteiger charge is -2.26. The number of ether oxygens (including phenoxy) is 2. The van der Waals surface area contributed by atoms with Crippen molar-refractivity contribution >= 4 is 12.1 Å². The van der Waals surface area contributed by atoms with E-state index in [0.717, 1.165) is 25.7 Å². The second-order valence-electron chi connectivity index (χ2n) is 9.17. The maximum atomic E-state index is 12.4. The van der Waals surface area contributed by atoms with Gasteiger partial charge >= 0.3 is 12.1 Å². The highest BCUT2D eigenvalue weighted by molar-refractivity contribution is 5.79. The number of fused-ring (bicyclic) bond motifs is 3. The molecule has 0 unspecified atom stereocenters. The molecule has 184 valence electrons. The van der Waals surface area contributed by atoms with Crippen LogP contribution < -0.4 is 5.32 Å². The van der Waals surface area contributed by atoms with Crippen molar-refractivity contribution in [3.63, 3.8) is 0 Å². The van der Waals surface area contributed by atoms with E-state index in [4.69, 9.17) is 9.47 Å². The number of hydrogen-bond donors (Lipinski definition) is 2. The number of benzene rings is 2. The second-order valence-corrected chi connectivity index (χ2v) is 9.17. The van der Waals surface area contributed by atoms with Gasteiger partial charge in [-0.25, -0.2) is 4.79 Å². The Balaban J connectivity index is 1.49. The predicted molar refractivity (Wildman–Crippen MR) is 133 cm³/mol. The van der Waals surface area contributed by atoms with Gasteiger partial charge in [0.25, 0.3) is 0 Å². The molecule has 0 radical (unpaired) electrons. The maximum absolute atomic E-state index is 12.4. The van der Waals surface area contributed by atoms with Gasteiger partial charge in [-0.3, -0.25) is 4.79 Å². The molecule has 0 aliphatic heterocycles. The van der Waals surface area contributed by atoms with Crippen LogP contribution in [0.5, 0.6) is 0 Å². The Bertz CT molecular complexity index is 914. The van der Waals surface area contributed by atoms with Gasteiger partial charge in [-0.15, -0.1) is 0 Å². The zero-order valence-corrected chi connectivity index (χ0v) is 20.5. The van der Waals surface area contributed by atoms with E-state index < -0.39 is 18.0 Å². The van der Waals surface area contributed by atoms with Crippen LogP contribution in [0.3, 0.4) is 0 Å². The summed E-state index contributed by atoms with van der Waals surface area (Å²) in [4.78, 5) is 23.9. The van der Waals surface area contributed by atoms with Crippen molar-refractivity contribution in [3.05, 3.63) is 59.7 Å². The molecule has 0 saturated carbocycles. The average molecular weight is 468 g/mol. The van der Waals surface area contributed by atoms with E-state index in [0.29, 0.717) is 6.42 Å². The summed E-state index contributed by atoms with van der Waals surface area (Å²) in [6, 6.07) is 16.4. The first-order valence-electron chi connectivity index (χ1n) is 12.4. The van der Waals surface area contributed by atoms with Gasteiger partial charge in [0, 0.05) is 12.5 Å². The van der Waals surface area contributed by atoms with Crippen LogP contribution in [0.1, 0.15) is 69.9 Å². The number of aliphatic carboxylic acids is 1. The number of carboxylic acid groups (broad SMARTS) is 1. The van der Waals surface area contributed by atoms with E-state index in [1.165, 1.54) is 22.3 Å². The van der Waals surface area contributed by atoms with Gasteiger partial charge in [0.15, 0.2) is 0 Å². The monoisotopic (exact) mass is 467 g/mol. The van der Waals surface area contributed by atoms with Crippen molar-refractivity contribution in [2.75, 3.05) is 13.2 Å². The van der Waals surface area contributed by atoms with Crippen LogP contribution in [0.25, 0.3) is 11.1 Å². The van der Waals surface area contributed by atoms with E-state index in [-0.39, 0.29) is 31.3 Å². The van der Waals surface area contributed by atoms with Crippen molar-refractivity contribution in [2.24, 2.45) is 5.92 Å². The minimum absolute atomic E-state index is 0.00995. The molecule has 2 N–H and O–H groups in total. The fourth-order valence-electron chi connectivity index (χ4n) is 4.59. The summed E-state index contributed by atoms with van der Waals surface area (Å²) in [5.74, 6) is -1.45. The molecule has 0 aromatic heterocycles. The summed E-state index contributed by atoms with van der Waals surface area (Å²) < 4.78 is 11.6. The Morgan fingerprint density at radius 1 is 0.971 bits per heavy atom. The smallest absolute Gasteiger partial charge is 0.407 e. The van der Waals surface area contributed by atoms with Crippen molar-refractivity contribution in [3.8, 4) is 11.1 Å². The van der Waals surface area contributed by atoms with Gasteiger partial charge in [-0.2, -0.15) is 0 Å². The normalized spacial score (nSPS) is 15.1. The molecule has 6 nitrogen and oxygen atoms in total. The first kappa shape index (κ1) is 25.8. The molecule has 0 heterocycles. The van der Waals surface area contributed by atoms with Gasteiger partial charge in [0.2, 0.25) is 0 Å². The quantitative estimate of drug-likeness (QED) is 0.354. The minimum Gasteiger partial charge on any atom is -0.481 e. The molecule has 0 saturated heterocycles. The van der Waals surface area contributed by atoms with Crippen LogP contribution in [-0.2, 0) is 14.3 Å². The number of carbonyl (C=O) groups is 2. The highest BCUT2D eigenvalue weighted by Crippen LogP contribution is 2.44. The molecular weight excluding hydrogens is 430 g/mol. The highest BCUT2D eigenvalue weighted by atomic mass is 16.5. The zero-order chi connectivity index (χ0) is 24.5. The number of unbranched alkanes of at least 4 members (excludes halogenated alkanes) is 3.